The van der Waals surface area contributed by atoms with Crippen molar-refractivity contribution in [3.8, 4) is 17.0 Å². The van der Waals surface area contributed by atoms with E-state index in [4.69, 9.17) is 11.6 Å². The van der Waals surface area contributed by atoms with Gasteiger partial charge in [-0.1, -0.05) is 29.8 Å². The number of alkyl halides is 2. The lowest BCUT2D eigenvalue weighted by molar-refractivity contribution is -0.116. The molecule has 0 saturated carbocycles. The molecule has 0 bridgehead atoms. The Kier molecular flexibility index (Phi) is 7.55. The summed E-state index contributed by atoms with van der Waals surface area (Å²) in [6.07, 6.45) is -0.139. The van der Waals surface area contributed by atoms with Crippen LogP contribution in [0.1, 0.15) is 6.42 Å². The van der Waals surface area contributed by atoms with Crippen molar-refractivity contribution in [1.82, 2.24) is 9.71 Å². The Bertz CT molecular complexity index is 1170. The molecule has 0 aliphatic heterocycles. The van der Waals surface area contributed by atoms with E-state index < -0.39 is 22.5 Å². The summed E-state index contributed by atoms with van der Waals surface area (Å²) in [5.41, 5.74) is 0.715. The van der Waals surface area contributed by atoms with Gasteiger partial charge in [-0.05, 0) is 30.3 Å². The minimum absolute atomic E-state index is 0.00495. The lowest BCUT2D eigenvalue weighted by Crippen LogP contribution is -2.27. The van der Waals surface area contributed by atoms with E-state index in [9.17, 15) is 22.0 Å². The van der Waals surface area contributed by atoms with Gasteiger partial charge in [0, 0.05) is 28.9 Å². The van der Waals surface area contributed by atoms with Crippen LogP contribution in [0.3, 0.4) is 0 Å². The molecule has 0 saturated heterocycles. The van der Waals surface area contributed by atoms with Crippen molar-refractivity contribution in [1.29, 1.82) is 0 Å². The van der Waals surface area contributed by atoms with Crippen molar-refractivity contribution in [3.05, 3.63) is 58.9 Å². The Morgan fingerprint density at radius 1 is 1.19 bits per heavy atom. The highest BCUT2D eigenvalue weighted by Crippen LogP contribution is 2.33. The number of hydrogen-bond donors (Lipinski definition) is 2. The van der Waals surface area contributed by atoms with Gasteiger partial charge in [0.25, 0.3) is 0 Å². The van der Waals surface area contributed by atoms with Crippen molar-refractivity contribution >= 4 is 44.0 Å². The van der Waals surface area contributed by atoms with Crippen LogP contribution >= 0.6 is 22.9 Å². The summed E-state index contributed by atoms with van der Waals surface area (Å²) in [7, 11) is -3.80. The van der Waals surface area contributed by atoms with Crippen LogP contribution in [0.5, 0.6) is 5.75 Å². The van der Waals surface area contributed by atoms with Crippen molar-refractivity contribution in [2.45, 2.75) is 17.9 Å². The number of amides is 1. The fourth-order valence-corrected chi connectivity index (χ4v) is 4.59. The third-order valence-electron chi connectivity index (χ3n) is 3.88. The molecule has 0 atom stereocenters. The molecule has 3 aromatic rings. The number of nitrogens with zero attached hydrogens (tertiary/aromatic N) is 1. The van der Waals surface area contributed by atoms with Gasteiger partial charge in [0.05, 0.1) is 10.6 Å². The summed E-state index contributed by atoms with van der Waals surface area (Å²) in [6, 6.07) is 11.9. The van der Waals surface area contributed by atoms with Gasteiger partial charge in [-0.25, -0.2) is 18.1 Å². The van der Waals surface area contributed by atoms with Gasteiger partial charge in [-0.3, -0.25) is 4.79 Å². The molecule has 12 heteroatoms. The molecular weight excluding hydrogens is 472 g/mol. The van der Waals surface area contributed by atoms with Crippen LogP contribution in [0.25, 0.3) is 11.3 Å². The van der Waals surface area contributed by atoms with Crippen molar-refractivity contribution < 1.29 is 26.7 Å². The predicted molar refractivity (Wildman–Crippen MR) is 114 cm³/mol. The first-order valence-electron chi connectivity index (χ1n) is 8.79. The Balaban J connectivity index is 1.57. The molecule has 0 aliphatic rings. The average molecular weight is 488 g/mol. The molecule has 0 aliphatic carbocycles. The van der Waals surface area contributed by atoms with E-state index in [-0.39, 0.29) is 33.8 Å². The van der Waals surface area contributed by atoms with Gasteiger partial charge in [0.1, 0.15) is 5.75 Å². The van der Waals surface area contributed by atoms with Crippen LogP contribution in [0.15, 0.2) is 58.8 Å². The average Bonchev–Trinajstić information content (AvgIpc) is 3.16. The number of benzene rings is 2. The van der Waals surface area contributed by atoms with E-state index in [1.54, 1.807) is 29.6 Å². The molecule has 31 heavy (non-hydrogen) atoms. The van der Waals surface area contributed by atoms with Crippen LogP contribution in [0.2, 0.25) is 5.02 Å². The van der Waals surface area contributed by atoms with Gasteiger partial charge >= 0.3 is 6.61 Å². The SMILES string of the molecule is O=C(CCNS(=O)(=O)c1cccc(Cl)c1)Nc1nc(-c2ccccc2OC(F)F)cs1. The molecule has 7 nitrogen and oxygen atoms in total. The molecule has 0 spiro atoms. The molecule has 164 valence electrons. The lowest BCUT2D eigenvalue weighted by Gasteiger charge is -2.08. The highest BCUT2D eigenvalue weighted by Gasteiger charge is 2.16. The first-order valence-corrected chi connectivity index (χ1v) is 11.5. The summed E-state index contributed by atoms with van der Waals surface area (Å²) < 4.78 is 56.4. The van der Waals surface area contributed by atoms with Gasteiger partial charge in [-0.15, -0.1) is 11.3 Å². The molecule has 1 amide bonds. The standard InChI is InChI=1S/C19H16ClF2N3O4S2/c20-12-4-3-5-13(10-12)31(27,28)23-9-8-17(26)25-19-24-15(11-30-19)14-6-1-2-7-16(14)29-18(21)22/h1-7,10-11,18,23H,8-9H2,(H,24,25,26). The summed E-state index contributed by atoms with van der Waals surface area (Å²) in [6.45, 7) is -3.11. The first kappa shape index (κ1) is 23.1. The highest BCUT2D eigenvalue weighted by atomic mass is 35.5. The number of halogens is 3. The molecule has 1 heterocycles. The monoisotopic (exact) mass is 487 g/mol. The first-order chi connectivity index (χ1) is 14.7. The maximum Gasteiger partial charge on any atom is 0.387 e. The molecular formula is C19H16ClF2N3O4S2. The number of carbonyl (C=O) groups excluding carboxylic acids is 1. The zero-order valence-electron chi connectivity index (χ0n) is 15.7. The van der Waals surface area contributed by atoms with E-state index in [2.05, 4.69) is 19.8 Å². The predicted octanol–water partition coefficient (Wildman–Crippen LogP) is 4.37. The smallest absolute Gasteiger partial charge is 0.387 e. The minimum Gasteiger partial charge on any atom is -0.434 e. The second-order valence-corrected chi connectivity index (χ2v) is 9.13. The summed E-state index contributed by atoms with van der Waals surface area (Å²) in [5, 5.41) is 4.66. The lowest BCUT2D eigenvalue weighted by atomic mass is 10.1. The van der Waals surface area contributed by atoms with Crippen molar-refractivity contribution in [2.75, 3.05) is 11.9 Å². The molecule has 0 unspecified atom stereocenters. The maximum absolute atomic E-state index is 12.6. The number of anilines is 1. The Morgan fingerprint density at radius 3 is 2.71 bits per heavy atom. The third-order valence-corrected chi connectivity index (χ3v) is 6.33. The van der Waals surface area contributed by atoms with E-state index >= 15 is 0 Å². The number of nitrogens with one attached hydrogen (secondary N) is 2. The molecule has 0 radical (unpaired) electrons. The molecule has 0 fully saturated rings. The number of sulfonamides is 1. The molecule has 2 N–H and O–H groups in total. The fourth-order valence-electron chi connectivity index (χ4n) is 2.53. The molecule has 1 aromatic heterocycles. The quantitative estimate of drug-likeness (QED) is 0.467. The van der Waals surface area contributed by atoms with Crippen molar-refractivity contribution in [3.63, 3.8) is 0 Å². The Labute approximate surface area is 186 Å². The maximum atomic E-state index is 12.6. The second-order valence-electron chi connectivity index (χ2n) is 6.07. The molecule has 3 rings (SSSR count). The summed E-state index contributed by atoms with van der Waals surface area (Å²) >= 11 is 6.90. The van der Waals surface area contributed by atoms with Gasteiger partial charge < -0.3 is 10.1 Å². The number of thiazole rings is 1. The number of rotatable bonds is 9. The number of ether oxygens (including phenoxy) is 1. The minimum atomic E-state index is -3.80. The Hall–Kier alpha value is -2.60. The molecule has 2 aromatic carbocycles. The Morgan fingerprint density at radius 2 is 1.97 bits per heavy atom. The largest absolute Gasteiger partial charge is 0.434 e. The highest BCUT2D eigenvalue weighted by molar-refractivity contribution is 7.89. The third kappa shape index (κ3) is 6.44. The number of hydrogen-bond acceptors (Lipinski definition) is 6. The zero-order chi connectivity index (χ0) is 22.4. The van der Waals surface area contributed by atoms with E-state index in [1.807, 2.05) is 0 Å². The van der Waals surface area contributed by atoms with Crippen LogP contribution in [-0.4, -0.2) is 32.5 Å². The zero-order valence-corrected chi connectivity index (χ0v) is 18.1. The number of para-hydroxylation sites is 1. The van der Waals surface area contributed by atoms with Crippen molar-refractivity contribution in [2.24, 2.45) is 0 Å². The second kappa shape index (κ2) is 10.1. The van der Waals surface area contributed by atoms with E-state index in [0.29, 0.717) is 11.3 Å². The van der Waals surface area contributed by atoms with Crippen LogP contribution in [-0.2, 0) is 14.8 Å². The van der Waals surface area contributed by atoms with Gasteiger partial charge in [0.2, 0.25) is 15.9 Å². The van der Waals surface area contributed by atoms with Gasteiger partial charge in [-0.2, -0.15) is 8.78 Å². The fraction of sp³-hybridized carbons (Fsp3) is 0.158. The number of aromatic nitrogens is 1. The topological polar surface area (TPSA) is 97.4 Å². The van der Waals surface area contributed by atoms with Crippen LogP contribution < -0.4 is 14.8 Å². The number of carbonyl (C=O) groups is 1. The van der Waals surface area contributed by atoms with Crippen LogP contribution in [0, 0.1) is 0 Å². The summed E-state index contributed by atoms with van der Waals surface area (Å²) in [5.74, 6) is -0.497. The normalized spacial score (nSPS) is 11.5. The van der Waals surface area contributed by atoms with Crippen LogP contribution in [0.4, 0.5) is 13.9 Å². The van der Waals surface area contributed by atoms with Gasteiger partial charge in [0.15, 0.2) is 5.13 Å². The summed E-state index contributed by atoms with van der Waals surface area (Å²) in [4.78, 5) is 16.3. The van der Waals surface area contributed by atoms with E-state index in [1.165, 1.54) is 24.3 Å². The van der Waals surface area contributed by atoms with E-state index in [0.717, 1.165) is 11.3 Å².